The molecule has 0 radical (unpaired) electrons. The van der Waals surface area contributed by atoms with Crippen molar-refractivity contribution in [2.24, 2.45) is 0 Å². The number of rotatable bonds is 7. The van der Waals surface area contributed by atoms with E-state index in [0.717, 1.165) is 12.8 Å². The first-order valence-corrected chi connectivity index (χ1v) is 11.1. The van der Waals surface area contributed by atoms with Gasteiger partial charge < -0.3 is 24.3 Å². The van der Waals surface area contributed by atoms with Crippen LogP contribution in [0.5, 0.6) is 5.88 Å². The van der Waals surface area contributed by atoms with Crippen molar-refractivity contribution < 1.29 is 22.4 Å². The summed E-state index contributed by atoms with van der Waals surface area (Å²) in [4.78, 5) is 21.3. The van der Waals surface area contributed by atoms with Crippen LogP contribution in [-0.2, 0) is 11.3 Å². The number of pyridine rings is 1. The molecule has 180 valence electrons. The summed E-state index contributed by atoms with van der Waals surface area (Å²) in [6, 6.07) is 3.59. The van der Waals surface area contributed by atoms with Gasteiger partial charge in [-0.25, -0.2) is 18.7 Å². The molecule has 34 heavy (non-hydrogen) atoms. The van der Waals surface area contributed by atoms with E-state index in [1.807, 2.05) is 0 Å². The molecule has 1 aliphatic carbocycles. The van der Waals surface area contributed by atoms with Gasteiger partial charge in [-0.15, -0.1) is 0 Å². The first kappa shape index (κ1) is 19.0. The SMILES string of the molecule is [2H]C([2H])([2H])OC1CCC(Nc2nc(OC)c3c(-c4ccc5nc(C)n(CC(F)F)c5n4)c[nH]c3n2)CC1. The van der Waals surface area contributed by atoms with Gasteiger partial charge in [0.05, 0.1) is 35.0 Å². The average Bonchev–Trinajstić information content (AvgIpc) is 3.39. The molecule has 9 nitrogen and oxygen atoms in total. The molecule has 0 aromatic carbocycles. The van der Waals surface area contributed by atoms with Gasteiger partial charge >= 0.3 is 0 Å². The van der Waals surface area contributed by atoms with Crippen LogP contribution < -0.4 is 10.1 Å². The molecule has 0 saturated heterocycles. The predicted octanol–water partition coefficient (Wildman–Crippen LogP) is 4.32. The Bertz CT molecular complexity index is 1420. The van der Waals surface area contributed by atoms with Crippen LogP contribution in [0, 0.1) is 6.92 Å². The number of nitrogens with zero attached hydrogens (tertiary/aromatic N) is 5. The zero-order chi connectivity index (χ0) is 26.3. The Balaban J connectivity index is 1.41. The number of aromatic nitrogens is 6. The minimum absolute atomic E-state index is 0.0653. The van der Waals surface area contributed by atoms with Crippen LogP contribution in [0.1, 0.15) is 35.6 Å². The van der Waals surface area contributed by atoms with Crippen molar-refractivity contribution in [2.75, 3.05) is 19.5 Å². The number of ether oxygens (including phenoxy) is 2. The number of H-pyrrole nitrogens is 1. The quantitative estimate of drug-likeness (QED) is 0.411. The number of anilines is 1. The van der Waals surface area contributed by atoms with Crippen LogP contribution in [0.3, 0.4) is 0 Å². The second-order valence-electron chi connectivity index (χ2n) is 8.42. The van der Waals surface area contributed by atoms with E-state index >= 15 is 0 Å². The van der Waals surface area contributed by atoms with E-state index in [9.17, 15) is 8.78 Å². The van der Waals surface area contributed by atoms with Crippen molar-refractivity contribution in [1.29, 1.82) is 0 Å². The lowest BCUT2D eigenvalue weighted by Gasteiger charge is -2.28. The highest BCUT2D eigenvalue weighted by Crippen LogP contribution is 2.35. The van der Waals surface area contributed by atoms with Crippen molar-refractivity contribution in [3.8, 4) is 17.1 Å². The summed E-state index contributed by atoms with van der Waals surface area (Å²) < 4.78 is 60.2. The van der Waals surface area contributed by atoms with E-state index in [1.165, 1.54) is 11.7 Å². The summed E-state index contributed by atoms with van der Waals surface area (Å²) >= 11 is 0. The molecule has 0 bridgehead atoms. The fourth-order valence-corrected chi connectivity index (χ4v) is 4.54. The molecule has 0 aliphatic heterocycles. The van der Waals surface area contributed by atoms with Crippen LogP contribution in [0.25, 0.3) is 33.5 Å². The summed E-state index contributed by atoms with van der Waals surface area (Å²) in [6.07, 6.45) is 1.60. The Morgan fingerprint density at radius 1 is 1.21 bits per heavy atom. The molecule has 1 fully saturated rings. The van der Waals surface area contributed by atoms with Crippen LogP contribution >= 0.6 is 0 Å². The Morgan fingerprint density at radius 3 is 2.76 bits per heavy atom. The monoisotopic (exact) mass is 474 g/mol. The number of aromatic amines is 1. The first-order valence-electron chi connectivity index (χ1n) is 12.6. The number of hydrogen-bond donors (Lipinski definition) is 2. The third kappa shape index (κ3) is 4.15. The fourth-order valence-electron chi connectivity index (χ4n) is 4.54. The molecule has 4 heterocycles. The summed E-state index contributed by atoms with van der Waals surface area (Å²) in [5.74, 6) is 1.18. The van der Waals surface area contributed by atoms with Crippen molar-refractivity contribution in [3.63, 3.8) is 0 Å². The summed E-state index contributed by atoms with van der Waals surface area (Å²) in [6.45, 7) is 1.19. The molecule has 0 atom stereocenters. The van der Waals surface area contributed by atoms with E-state index in [4.69, 9.17) is 13.6 Å². The number of nitrogens with one attached hydrogen (secondary N) is 2. The van der Waals surface area contributed by atoms with Crippen LogP contribution in [0.4, 0.5) is 14.7 Å². The Kier molecular flexibility index (Phi) is 5.11. The highest BCUT2D eigenvalue weighted by molar-refractivity contribution is 5.97. The highest BCUT2D eigenvalue weighted by Gasteiger charge is 2.23. The molecule has 1 saturated carbocycles. The molecule has 0 unspecified atom stereocenters. The Labute approximate surface area is 199 Å². The molecular formula is C23H27F2N7O2. The van der Waals surface area contributed by atoms with Crippen molar-refractivity contribution in [3.05, 3.63) is 24.2 Å². The third-order valence-corrected chi connectivity index (χ3v) is 6.25. The second-order valence-corrected chi connectivity index (χ2v) is 8.42. The van der Waals surface area contributed by atoms with Gasteiger partial charge in [0.1, 0.15) is 17.0 Å². The smallest absolute Gasteiger partial charge is 0.256 e. The second kappa shape index (κ2) is 9.13. The maximum Gasteiger partial charge on any atom is 0.256 e. The van der Waals surface area contributed by atoms with Crippen LogP contribution in [-0.4, -0.2) is 62.2 Å². The van der Waals surface area contributed by atoms with E-state index in [0.29, 0.717) is 63.9 Å². The normalized spacial score (nSPS) is 20.4. The van der Waals surface area contributed by atoms with Gasteiger partial charge in [-0.3, -0.25) is 0 Å². The van der Waals surface area contributed by atoms with Gasteiger partial charge in [-0.2, -0.15) is 9.97 Å². The topological polar surface area (TPSA) is 103 Å². The largest absolute Gasteiger partial charge is 0.480 e. The molecule has 11 heteroatoms. The standard InChI is InChI=1S/C23H27F2N7O2/c1-12-27-17-9-8-16(29-21(17)32(12)11-18(24)25)15-10-26-20-19(15)22(34-3)31-23(30-20)28-13-4-6-14(33-2)7-5-13/h8-10,13-14,18H,4-7,11H2,1-3H3,(H2,26,28,30,31)/i2D3. The van der Waals surface area contributed by atoms with Gasteiger partial charge in [-0.05, 0) is 44.7 Å². The summed E-state index contributed by atoms with van der Waals surface area (Å²) in [5.41, 5.74) is 2.66. The van der Waals surface area contributed by atoms with E-state index in [2.05, 4.69) is 30.2 Å². The number of aryl methyl sites for hydroxylation is 1. The Hall–Kier alpha value is -3.34. The minimum Gasteiger partial charge on any atom is -0.480 e. The molecule has 0 amide bonds. The lowest BCUT2D eigenvalue weighted by Crippen LogP contribution is -2.29. The van der Waals surface area contributed by atoms with Gasteiger partial charge in [0.15, 0.2) is 5.65 Å². The molecule has 5 rings (SSSR count). The van der Waals surface area contributed by atoms with Gasteiger partial charge in [0.25, 0.3) is 6.43 Å². The maximum absolute atomic E-state index is 13.1. The number of alkyl halides is 2. The molecule has 0 spiro atoms. The summed E-state index contributed by atoms with van der Waals surface area (Å²) in [7, 11) is -0.879. The molecule has 4 aromatic heterocycles. The van der Waals surface area contributed by atoms with Crippen molar-refractivity contribution in [1.82, 2.24) is 29.5 Å². The zero-order valence-electron chi connectivity index (χ0n) is 21.8. The van der Waals surface area contributed by atoms with Crippen molar-refractivity contribution in [2.45, 2.75) is 57.7 Å². The van der Waals surface area contributed by atoms with Gasteiger partial charge in [0.2, 0.25) is 11.8 Å². The van der Waals surface area contributed by atoms with E-state index in [1.54, 1.807) is 25.3 Å². The van der Waals surface area contributed by atoms with Gasteiger partial charge in [-0.1, -0.05) is 0 Å². The Morgan fingerprint density at radius 2 is 2.03 bits per heavy atom. The number of fused-ring (bicyclic) bond motifs is 2. The number of methoxy groups -OCH3 is 2. The zero-order valence-corrected chi connectivity index (χ0v) is 18.8. The maximum atomic E-state index is 13.1. The van der Waals surface area contributed by atoms with Crippen LogP contribution in [0.15, 0.2) is 18.3 Å². The molecular weight excluding hydrogens is 444 g/mol. The summed E-state index contributed by atoms with van der Waals surface area (Å²) in [5, 5.41) is 3.93. The van der Waals surface area contributed by atoms with E-state index in [-0.39, 0.29) is 12.1 Å². The van der Waals surface area contributed by atoms with Crippen molar-refractivity contribution >= 4 is 28.1 Å². The molecule has 4 aromatic rings. The highest BCUT2D eigenvalue weighted by atomic mass is 19.3. The van der Waals surface area contributed by atoms with Crippen LogP contribution in [0.2, 0.25) is 0 Å². The lowest BCUT2D eigenvalue weighted by atomic mass is 9.93. The molecule has 1 aliphatic rings. The lowest BCUT2D eigenvalue weighted by molar-refractivity contribution is 0.0681. The van der Waals surface area contributed by atoms with Gasteiger partial charge in [0, 0.05) is 24.8 Å². The average molecular weight is 475 g/mol. The third-order valence-electron chi connectivity index (χ3n) is 6.25. The van der Waals surface area contributed by atoms with E-state index < -0.39 is 20.0 Å². The fraction of sp³-hybridized carbons (Fsp3) is 0.478. The first-order chi connectivity index (χ1) is 17.6. The minimum atomic E-state index is -2.53. The number of hydrogen-bond acceptors (Lipinski definition) is 7. The predicted molar refractivity (Wildman–Crippen MR) is 124 cm³/mol. The number of imidazole rings is 1. The number of halogens is 2. The molecule has 2 N–H and O–H groups in total.